The van der Waals surface area contributed by atoms with E-state index in [0.717, 1.165) is 9.87 Å². The summed E-state index contributed by atoms with van der Waals surface area (Å²) in [5.41, 5.74) is 1.32. The molecule has 0 saturated heterocycles. The van der Waals surface area contributed by atoms with Crippen LogP contribution in [0.4, 0.5) is 5.69 Å². The van der Waals surface area contributed by atoms with E-state index in [2.05, 4.69) is 5.32 Å². The number of anilines is 1. The van der Waals surface area contributed by atoms with Crippen LogP contribution in [0.15, 0.2) is 83.8 Å². The maximum Gasteiger partial charge on any atom is 0.264 e. The number of nitrogens with zero attached hydrogens (tertiary/aromatic N) is 1. The lowest BCUT2D eigenvalue weighted by Crippen LogP contribution is -2.45. The Kier molecular flexibility index (Phi) is 6.32. The van der Waals surface area contributed by atoms with Crippen LogP contribution in [0.5, 0.6) is 11.5 Å². The molecule has 1 aliphatic rings. The number of para-hydroxylation sites is 2. The number of amides is 1. The van der Waals surface area contributed by atoms with Gasteiger partial charge in [0.2, 0.25) is 5.91 Å². The minimum absolute atomic E-state index is 0.120. The Morgan fingerprint density at radius 2 is 1.72 bits per heavy atom. The van der Waals surface area contributed by atoms with Crippen molar-refractivity contribution in [2.24, 2.45) is 0 Å². The van der Waals surface area contributed by atoms with Crippen molar-refractivity contribution in [3.8, 4) is 11.5 Å². The predicted molar refractivity (Wildman–Crippen MR) is 122 cm³/mol. The number of carbonyl (C=O) groups is 1. The monoisotopic (exact) mass is 452 g/mol. The molecule has 4 rings (SSSR count). The van der Waals surface area contributed by atoms with E-state index in [-0.39, 0.29) is 24.1 Å². The van der Waals surface area contributed by atoms with E-state index in [1.807, 2.05) is 31.2 Å². The molecule has 1 N–H and O–H groups in total. The largest absolute Gasteiger partial charge is 0.486 e. The normalized spacial score (nSPS) is 15.1. The molecule has 0 fully saturated rings. The van der Waals surface area contributed by atoms with Gasteiger partial charge >= 0.3 is 0 Å². The Morgan fingerprint density at radius 1 is 1.00 bits per heavy atom. The SMILES string of the molecule is Cc1cccc(N(CC(=O)NC[C@H]2COc3ccccc3O2)S(=O)(=O)c2ccccc2)c1. The van der Waals surface area contributed by atoms with E-state index >= 15 is 0 Å². The Bertz CT molecular complexity index is 1200. The van der Waals surface area contributed by atoms with E-state index in [0.29, 0.717) is 23.8 Å². The second-order valence-electron chi connectivity index (χ2n) is 7.47. The van der Waals surface area contributed by atoms with Crippen molar-refractivity contribution in [1.82, 2.24) is 5.32 Å². The summed E-state index contributed by atoms with van der Waals surface area (Å²) in [6.07, 6.45) is -0.369. The summed E-state index contributed by atoms with van der Waals surface area (Å²) in [6, 6.07) is 22.4. The molecule has 32 heavy (non-hydrogen) atoms. The van der Waals surface area contributed by atoms with Gasteiger partial charge in [-0.1, -0.05) is 42.5 Å². The Labute approximate surface area is 187 Å². The molecule has 7 nitrogen and oxygen atoms in total. The molecule has 8 heteroatoms. The van der Waals surface area contributed by atoms with Gasteiger partial charge in [0.05, 0.1) is 17.1 Å². The summed E-state index contributed by atoms with van der Waals surface area (Å²) in [6.45, 7) is 2.00. The van der Waals surface area contributed by atoms with Crippen molar-refractivity contribution < 1.29 is 22.7 Å². The molecule has 3 aromatic rings. The van der Waals surface area contributed by atoms with E-state index in [1.54, 1.807) is 42.5 Å². The number of aryl methyl sites for hydroxylation is 1. The number of rotatable bonds is 7. The highest BCUT2D eigenvalue weighted by Gasteiger charge is 2.28. The number of fused-ring (bicyclic) bond motifs is 1. The van der Waals surface area contributed by atoms with Crippen LogP contribution in [-0.2, 0) is 14.8 Å². The zero-order valence-electron chi connectivity index (χ0n) is 17.6. The number of ether oxygens (including phenoxy) is 2. The Balaban J connectivity index is 1.48. The number of nitrogens with one attached hydrogen (secondary N) is 1. The molecule has 1 aliphatic heterocycles. The van der Waals surface area contributed by atoms with Crippen LogP contribution in [0.3, 0.4) is 0 Å². The van der Waals surface area contributed by atoms with Crippen LogP contribution < -0.4 is 19.1 Å². The standard InChI is InChI=1S/C24H24N2O5S/c1-18-8-7-9-19(14-18)26(32(28,29)21-10-3-2-4-11-21)16-24(27)25-15-20-17-30-22-12-5-6-13-23(22)31-20/h2-14,20H,15-17H2,1H3,(H,25,27)/t20-/m0/s1. The number of hydrogen-bond acceptors (Lipinski definition) is 5. The average Bonchev–Trinajstić information content (AvgIpc) is 2.81. The van der Waals surface area contributed by atoms with Gasteiger partial charge in [0.15, 0.2) is 11.5 Å². The average molecular weight is 453 g/mol. The van der Waals surface area contributed by atoms with Crippen molar-refractivity contribution in [3.05, 3.63) is 84.4 Å². The molecule has 3 aromatic carbocycles. The van der Waals surface area contributed by atoms with Gasteiger partial charge in [0.1, 0.15) is 19.3 Å². The summed E-state index contributed by atoms with van der Waals surface area (Å²) >= 11 is 0. The number of carbonyl (C=O) groups excluding carboxylic acids is 1. The van der Waals surface area contributed by atoms with Gasteiger partial charge in [-0.05, 0) is 48.9 Å². The first-order valence-electron chi connectivity index (χ1n) is 10.2. The van der Waals surface area contributed by atoms with Crippen molar-refractivity contribution in [3.63, 3.8) is 0 Å². The summed E-state index contributed by atoms with van der Waals surface area (Å²) in [4.78, 5) is 12.9. The highest BCUT2D eigenvalue weighted by molar-refractivity contribution is 7.92. The third-order valence-corrected chi connectivity index (χ3v) is 6.79. The third kappa shape index (κ3) is 4.86. The minimum atomic E-state index is -3.93. The van der Waals surface area contributed by atoms with Gasteiger partial charge in [0.25, 0.3) is 10.0 Å². The van der Waals surface area contributed by atoms with E-state index < -0.39 is 15.9 Å². The van der Waals surface area contributed by atoms with Gasteiger partial charge in [-0.3, -0.25) is 9.10 Å². The predicted octanol–water partition coefficient (Wildman–Crippen LogP) is 3.15. The maximum atomic E-state index is 13.3. The molecule has 0 unspecified atom stereocenters. The van der Waals surface area contributed by atoms with Crippen LogP contribution in [0.1, 0.15) is 5.56 Å². The Hall–Kier alpha value is -3.52. The van der Waals surface area contributed by atoms with E-state index in [9.17, 15) is 13.2 Å². The van der Waals surface area contributed by atoms with Gasteiger partial charge in [-0.25, -0.2) is 8.42 Å². The lowest BCUT2D eigenvalue weighted by atomic mass is 10.2. The fraction of sp³-hybridized carbons (Fsp3) is 0.208. The second-order valence-corrected chi connectivity index (χ2v) is 9.33. The molecule has 1 amide bonds. The number of sulfonamides is 1. The summed E-state index contributed by atoms with van der Waals surface area (Å²) in [5, 5.41) is 2.77. The summed E-state index contributed by atoms with van der Waals surface area (Å²) < 4.78 is 39.3. The van der Waals surface area contributed by atoms with Crippen LogP contribution in [0, 0.1) is 6.92 Å². The molecule has 0 bridgehead atoms. The van der Waals surface area contributed by atoms with Crippen LogP contribution in [-0.4, -0.2) is 40.1 Å². The number of hydrogen-bond donors (Lipinski definition) is 1. The lowest BCUT2D eigenvalue weighted by Gasteiger charge is -2.27. The Morgan fingerprint density at radius 3 is 2.47 bits per heavy atom. The van der Waals surface area contributed by atoms with E-state index in [4.69, 9.17) is 9.47 Å². The fourth-order valence-electron chi connectivity index (χ4n) is 3.40. The topological polar surface area (TPSA) is 84.9 Å². The molecular weight excluding hydrogens is 428 g/mol. The molecular formula is C24H24N2O5S. The van der Waals surface area contributed by atoms with Gasteiger partial charge in [-0.15, -0.1) is 0 Å². The number of benzene rings is 3. The van der Waals surface area contributed by atoms with Crippen molar-refractivity contribution in [2.75, 3.05) is 24.0 Å². The molecule has 1 atom stereocenters. The first-order valence-corrected chi connectivity index (χ1v) is 11.7. The summed E-state index contributed by atoms with van der Waals surface area (Å²) in [5.74, 6) is 0.842. The zero-order chi connectivity index (χ0) is 22.6. The maximum absolute atomic E-state index is 13.3. The molecule has 0 radical (unpaired) electrons. The molecule has 0 aromatic heterocycles. The summed E-state index contributed by atoms with van der Waals surface area (Å²) in [7, 11) is -3.93. The smallest absolute Gasteiger partial charge is 0.264 e. The van der Waals surface area contributed by atoms with E-state index in [1.165, 1.54) is 12.1 Å². The lowest BCUT2D eigenvalue weighted by molar-refractivity contribution is -0.120. The van der Waals surface area contributed by atoms with Crippen LogP contribution >= 0.6 is 0 Å². The zero-order valence-corrected chi connectivity index (χ0v) is 18.4. The van der Waals surface area contributed by atoms with Gasteiger partial charge in [0, 0.05) is 0 Å². The van der Waals surface area contributed by atoms with Gasteiger partial charge < -0.3 is 14.8 Å². The van der Waals surface area contributed by atoms with Gasteiger partial charge in [-0.2, -0.15) is 0 Å². The van der Waals surface area contributed by atoms with Crippen LogP contribution in [0.2, 0.25) is 0 Å². The first kappa shape index (κ1) is 21.7. The fourth-order valence-corrected chi connectivity index (χ4v) is 4.83. The molecule has 0 aliphatic carbocycles. The quantitative estimate of drug-likeness (QED) is 0.595. The molecule has 1 heterocycles. The second kappa shape index (κ2) is 9.32. The molecule has 166 valence electrons. The van der Waals surface area contributed by atoms with Crippen molar-refractivity contribution >= 4 is 21.6 Å². The highest BCUT2D eigenvalue weighted by atomic mass is 32.2. The first-order chi connectivity index (χ1) is 15.4. The highest BCUT2D eigenvalue weighted by Crippen LogP contribution is 2.30. The van der Waals surface area contributed by atoms with Crippen LogP contribution in [0.25, 0.3) is 0 Å². The third-order valence-electron chi connectivity index (χ3n) is 5.00. The van der Waals surface area contributed by atoms with Crippen molar-refractivity contribution in [2.45, 2.75) is 17.9 Å². The molecule has 0 saturated carbocycles. The minimum Gasteiger partial charge on any atom is -0.486 e. The van der Waals surface area contributed by atoms with Crippen molar-refractivity contribution in [1.29, 1.82) is 0 Å². The molecule has 0 spiro atoms.